The summed E-state index contributed by atoms with van der Waals surface area (Å²) in [5.74, 6) is 0.263. The first kappa shape index (κ1) is 13.5. The van der Waals surface area contributed by atoms with Gasteiger partial charge in [0.1, 0.15) is 0 Å². The van der Waals surface area contributed by atoms with Crippen LogP contribution in [0.4, 0.5) is 0 Å². The summed E-state index contributed by atoms with van der Waals surface area (Å²) in [7, 11) is 0. The highest BCUT2D eigenvalue weighted by Crippen LogP contribution is 2.22. The van der Waals surface area contributed by atoms with Gasteiger partial charge in [-0.25, -0.2) is 0 Å². The molecule has 0 unspecified atom stereocenters. The van der Waals surface area contributed by atoms with E-state index in [0.29, 0.717) is 6.10 Å². The fourth-order valence-corrected chi connectivity index (χ4v) is 1.74. The van der Waals surface area contributed by atoms with Crippen molar-refractivity contribution in [2.75, 3.05) is 19.8 Å². The van der Waals surface area contributed by atoms with E-state index < -0.39 is 0 Å². The molecule has 0 radical (unpaired) electrons. The van der Waals surface area contributed by atoms with E-state index in [1.807, 2.05) is 13.8 Å². The maximum absolute atomic E-state index is 7.45. The van der Waals surface area contributed by atoms with Crippen molar-refractivity contribution in [1.29, 1.82) is 5.41 Å². The summed E-state index contributed by atoms with van der Waals surface area (Å²) >= 11 is 0. The Bertz CT molecular complexity index is 223. The van der Waals surface area contributed by atoms with Gasteiger partial charge in [0.25, 0.3) is 0 Å². The number of hydrogen-bond acceptors (Lipinski definition) is 3. The lowest BCUT2D eigenvalue weighted by atomic mass is 9.87. The van der Waals surface area contributed by atoms with E-state index in [1.54, 1.807) is 0 Å². The molecule has 0 bridgehead atoms. The van der Waals surface area contributed by atoms with Gasteiger partial charge in [-0.1, -0.05) is 13.8 Å². The first-order valence-corrected chi connectivity index (χ1v) is 6.06. The second-order valence-corrected chi connectivity index (χ2v) is 5.08. The molecule has 4 nitrogen and oxygen atoms in total. The topological polar surface area (TPSA) is 68.3 Å². The van der Waals surface area contributed by atoms with E-state index >= 15 is 0 Å². The number of hydrogen-bond donors (Lipinski definition) is 2. The zero-order valence-corrected chi connectivity index (χ0v) is 10.4. The number of nitrogens with two attached hydrogens (primary N) is 1. The number of amidine groups is 1. The van der Waals surface area contributed by atoms with Gasteiger partial charge in [0.05, 0.1) is 11.9 Å². The first-order chi connectivity index (χ1) is 7.52. The van der Waals surface area contributed by atoms with E-state index in [-0.39, 0.29) is 11.3 Å². The van der Waals surface area contributed by atoms with Crippen molar-refractivity contribution in [2.24, 2.45) is 11.1 Å². The van der Waals surface area contributed by atoms with Crippen LogP contribution >= 0.6 is 0 Å². The van der Waals surface area contributed by atoms with E-state index in [0.717, 1.165) is 45.5 Å². The number of nitrogens with one attached hydrogen (secondary N) is 1. The van der Waals surface area contributed by atoms with Crippen molar-refractivity contribution < 1.29 is 9.47 Å². The zero-order valence-electron chi connectivity index (χ0n) is 10.4. The quantitative estimate of drug-likeness (QED) is 0.414. The fraction of sp³-hybridized carbons (Fsp3) is 0.917. The minimum absolute atomic E-state index is 0.195. The number of rotatable bonds is 6. The molecule has 1 saturated heterocycles. The standard InChI is InChI=1S/C12H24N2O2/c1-12(2,11(13)14)6-3-7-16-10-4-8-15-9-5-10/h10H,3-9H2,1-2H3,(H3,13,14). The summed E-state index contributed by atoms with van der Waals surface area (Å²) < 4.78 is 11.0. The molecular formula is C12H24N2O2. The van der Waals surface area contributed by atoms with Gasteiger partial charge in [-0.3, -0.25) is 5.41 Å². The minimum atomic E-state index is -0.195. The lowest BCUT2D eigenvalue weighted by molar-refractivity contribution is -0.0335. The van der Waals surface area contributed by atoms with Crippen LogP contribution in [-0.4, -0.2) is 31.8 Å². The summed E-state index contributed by atoms with van der Waals surface area (Å²) in [4.78, 5) is 0. The molecule has 0 saturated carbocycles. The van der Waals surface area contributed by atoms with Crippen LogP contribution in [0, 0.1) is 10.8 Å². The van der Waals surface area contributed by atoms with Crippen molar-refractivity contribution in [2.45, 2.75) is 45.6 Å². The Balaban J connectivity index is 2.09. The third-order valence-corrected chi connectivity index (χ3v) is 3.20. The summed E-state index contributed by atoms with van der Waals surface area (Å²) in [6, 6.07) is 0. The van der Waals surface area contributed by atoms with Crippen LogP contribution in [0.25, 0.3) is 0 Å². The molecule has 1 heterocycles. The zero-order chi connectivity index (χ0) is 12.0. The van der Waals surface area contributed by atoms with E-state index in [9.17, 15) is 0 Å². The predicted octanol–water partition coefficient (Wildman–Crippen LogP) is 1.92. The van der Waals surface area contributed by atoms with Crippen LogP contribution in [0.1, 0.15) is 39.5 Å². The Morgan fingerprint density at radius 1 is 1.44 bits per heavy atom. The molecule has 1 fully saturated rings. The lowest BCUT2D eigenvalue weighted by Gasteiger charge is -2.25. The normalized spacial score (nSPS) is 18.6. The summed E-state index contributed by atoms with van der Waals surface area (Å²) in [5, 5.41) is 7.45. The molecule has 0 aromatic heterocycles. The Morgan fingerprint density at radius 2 is 2.06 bits per heavy atom. The third kappa shape index (κ3) is 4.49. The van der Waals surface area contributed by atoms with Crippen molar-refractivity contribution in [1.82, 2.24) is 0 Å². The van der Waals surface area contributed by atoms with Gasteiger partial charge >= 0.3 is 0 Å². The van der Waals surface area contributed by atoms with Gasteiger partial charge in [-0.05, 0) is 25.7 Å². The molecule has 4 heteroatoms. The molecule has 0 aromatic carbocycles. The Hall–Kier alpha value is -0.610. The largest absolute Gasteiger partial charge is 0.387 e. The van der Waals surface area contributed by atoms with Crippen LogP contribution in [0.15, 0.2) is 0 Å². The summed E-state index contributed by atoms with van der Waals surface area (Å²) in [5.41, 5.74) is 5.33. The second kappa shape index (κ2) is 6.21. The SMILES string of the molecule is CC(C)(CCCOC1CCOCC1)C(=N)N. The van der Waals surface area contributed by atoms with Gasteiger partial charge in [0.2, 0.25) is 0 Å². The monoisotopic (exact) mass is 228 g/mol. The molecule has 0 spiro atoms. The van der Waals surface area contributed by atoms with Crippen molar-refractivity contribution in [3.05, 3.63) is 0 Å². The number of ether oxygens (including phenoxy) is 2. The smallest absolute Gasteiger partial charge is 0.0963 e. The van der Waals surface area contributed by atoms with Crippen molar-refractivity contribution in [3.63, 3.8) is 0 Å². The third-order valence-electron chi connectivity index (χ3n) is 3.20. The van der Waals surface area contributed by atoms with Crippen molar-refractivity contribution in [3.8, 4) is 0 Å². The molecule has 3 N–H and O–H groups in total. The van der Waals surface area contributed by atoms with E-state index in [2.05, 4.69) is 0 Å². The van der Waals surface area contributed by atoms with Gasteiger partial charge in [0, 0.05) is 25.2 Å². The molecule has 16 heavy (non-hydrogen) atoms. The van der Waals surface area contributed by atoms with Gasteiger partial charge in [0.15, 0.2) is 0 Å². The molecule has 1 rings (SSSR count). The Labute approximate surface area is 98.0 Å². The van der Waals surface area contributed by atoms with Crippen molar-refractivity contribution >= 4 is 5.84 Å². The lowest BCUT2D eigenvalue weighted by Crippen LogP contribution is -2.31. The average molecular weight is 228 g/mol. The molecule has 0 aromatic rings. The van der Waals surface area contributed by atoms with Crippen LogP contribution in [0.5, 0.6) is 0 Å². The summed E-state index contributed by atoms with van der Waals surface area (Å²) in [6.07, 6.45) is 4.26. The molecule has 1 aliphatic rings. The highest BCUT2D eigenvalue weighted by Gasteiger charge is 2.21. The Kier molecular flexibility index (Phi) is 5.22. The highest BCUT2D eigenvalue weighted by molar-refractivity contribution is 5.82. The van der Waals surface area contributed by atoms with E-state index in [1.165, 1.54) is 0 Å². The molecule has 0 atom stereocenters. The average Bonchev–Trinajstić information content (AvgIpc) is 2.26. The molecule has 1 aliphatic heterocycles. The molecule has 94 valence electrons. The maximum atomic E-state index is 7.45. The Morgan fingerprint density at radius 3 is 2.62 bits per heavy atom. The first-order valence-electron chi connectivity index (χ1n) is 6.06. The molecular weight excluding hydrogens is 204 g/mol. The molecule has 0 aliphatic carbocycles. The second-order valence-electron chi connectivity index (χ2n) is 5.08. The fourth-order valence-electron chi connectivity index (χ4n) is 1.74. The van der Waals surface area contributed by atoms with E-state index in [4.69, 9.17) is 20.6 Å². The van der Waals surface area contributed by atoms with Gasteiger partial charge in [-0.2, -0.15) is 0 Å². The van der Waals surface area contributed by atoms with Gasteiger partial charge in [-0.15, -0.1) is 0 Å². The summed E-state index contributed by atoms with van der Waals surface area (Å²) in [6.45, 7) is 6.42. The van der Waals surface area contributed by atoms with Crippen LogP contribution in [0.2, 0.25) is 0 Å². The van der Waals surface area contributed by atoms with Crippen LogP contribution < -0.4 is 5.73 Å². The van der Waals surface area contributed by atoms with Crippen LogP contribution in [0.3, 0.4) is 0 Å². The predicted molar refractivity (Wildman–Crippen MR) is 64.7 cm³/mol. The van der Waals surface area contributed by atoms with Crippen LogP contribution in [-0.2, 0) is 9.47 Å². The molecule has 0 amide bonds. The maximum Gasteiger partial charge on any atom is 0.0963 e. The van der Waals surface area contributed by atoms with Gasteiger partial charge < -0.3 is 15.2 Å². The highest BCUT2D eigenvalue weighted by atomic mass is 16.5. The minimum Gasteiger partial charge on any atom is -0.387 e.